The van der Waals surface area contributed by atoms with Crippen molar-refractivity contribution in [3.8, 4) is 0 Å². The van der Waals surface area contributed by atoms with Crippen LogP contribution in [0, 0.1) is 19.8 Å². The summed E-state index contributed by atoms with van der Waals surface area (Å²) < 4.78 is 1.85. The molecule has 7 nitrogen and oxygen atoms in total. The maximum Gasteiger partial charge on any atom is 0.255 e. The van der Waals surface area contributed by atoms with Gasteiger partial charge in [-0.2, -0.15) is 5.10 Å². The zero-order chi connectivity index (χ0) is 24.1. The van der Waals surface area contributed by atoms with Gasteiger partial charge in [0, 0.05) is 42.7 Å². The van der Waals surface area contributed by atoms with Crippen molar-refractivity contribution in [2.24, 2.45) is 5.92 Å². The number of rotatable bonds is 3. The molecule has 4 aliphatic heterocycles. The molecule has 2 aromatic rings. The first-order valence-corrected chi connectivity index (χ1v) is 12.7. The molecule has 6 heterocycles. The first kappa shape index (κ1) is 22.0. The highest BCUT2D eigenvalue weighted by Crippen LogP contribution is 2.34. The summed E-state index contributed by atoms with van der Waals surface area (Å²) in [6.45, 7) is 10.7. The molecule has 0 aromatic carbocycles. The van der Waals surface area contributed by atoms with Crippen molar-refractivity contribution in [3.05, 3.63) is 83.4 Å². The molecule has 0 spiro atoms. The molecule has 0 radical (unpaired) electrons. The van der Waals surface area contributed by atoms with Crippen LogP contribution < -0.4 is 0 Å². The van der Waals surface area contributed by atoms with Crippen molar-refractivity contribution in [1.82, 2.24) is 29.3 Å². The fraction of sp³-hybridized carbons (Fsp3) is 0.393. The van der Waals surface area contributed by atoms with Crippen molar-refractivity contribution >= 4 is 17.0 Å². The number of aryl methyl sites for hydroxylation is 2. The molecular formula is C28H32N6O. The number of nitrogens with zero attached hydrogens (tertiary/aromatic N) is 6. The molecule has 2 atom stereocenters. The van der Waals surface area contributed by atoms with E-state index < -0.39 is 0 Å². The first-order valence-electron chi connectivity index (χ1n) is 12.7. The third-order valence-electron chi connectivity index (χ3n) is 7.80. The summed E-state index contributed by atoms with van der Waals surface area (Å²) in [6.07, 6.45) is 18.2. The normalized spacial score (nSPS) is 28.5. The van der Waals surface area contributed by atoms with Crippen molar-refractivity contribution in [1.29, 1.82) is 0 Å². The molecule has 0 aliphatic carbocycles. The Balaban J connectivity index is 1.27. The maximum absolute atomic E-state index is 13.4. The van der Waals surface area contributed by atoms with Gasteiger partial charge in [-0.1, -0.05) is 19.1 Å². The molecule has 1 amide bonds. The van der Waals surface area contributed by atoms with E-state index >= 15 is 0 Å². The van der Waals surface area contributed by atoms with Gasteiger partial charge in [0.15, 0.2) is 0 Å². The largest absolute Gasteiger partial charge is 0.370 e. The van der Waals surface area contributed by atoms with Crippen LogP contribution in [0.25, 0.3) is 11.1 Å². The lowest BCUT2D eigenvalue weighted by Crippen LogP contribution is -2.45. The number of carbonyl (C=O) groups excluding carboxylic acids is 1. The van der Waals surface area contributed by atoms with Gasteiger partial charge in [-0.25, -0.2) is 4.52 Å². The summed E-state index contributed by atoms with van der Waals surface area (Å²) in [5.74, 6) is 0.650. The number of fused-ring (bicyclic) bond motifs is 3. The molecule has 2 saturated heterocycles. The van der Waals surface area contributed by atoms with Crippen LogP contribution in [0.2, 0.25) is 0 Å². The van der Waals surface area contributed by atoms with Crippen molar-refractivity contribution in [3.63, 3.8) is 0 Å². The fourth-order valence-corrected chi connectivity index (χ4v) is 6.02. The molecule has 2 fully saturated rings. The molecule has 7 heteroatoms. The minimum absolute atomic E-state index is 0.0616. The van der Waals surface area contributed by atoms with Crippen molar-refractivity contribution in [2.45, 2.75) is 39.7 Å². The predicted molar refractivity (Wildman–Crippen MR) is 137 cm³/mol. The number of hydrogen-bond acceptors (Lipinski definition) is 5. The SMILES string of the molecule is CCN1CCC2CN(C3=CN4C(=O)\C=C(c5cc6c(C)nc(C)cn6n5)/C=C/C=C/4C=C3)CCC21. The van der Waals surface area contributed by atoms with Crippen LogP contribution in [-0.2, 0) is 4.79 Å². The van der Waals surface area contributed by atoms with E-state index in [1.165, 1.54) is 19.4 Å². The third-order valence-corrected chi connectivity index (χ3v) is 7.80. The highest BCUT2D eigenvalue weighted by molar-refractivity contribution is 5.99. The molecular weight excluding hydrogens is 436 g/mol. The van der Waals surface area contributed by atoms with Gasteiger partial charge in [0.05, 0.1) is 34.5 Å². The Bertz CT molecular complexity index is 1340. The van der Waals surface area contributed by atoms with Gasteiger partial charge in [0.2, 0.25) is 0 Å². The number of amides is 1. The van der Waals surface area contributed by atoms with E-state index in [1.54, 1.807) is 11.0 Å². The first-order chi connectivity index (χ1) is 17.0. The molecule has 180 valence electrons. The Morgan fingerprint density at radius 3 is 2.80 bits per heavy atom. The zero-order valence-electron chi connectivity index (χ0n) is 20.7. The van der Waals surface area contributed by atoms with E-state index in [9.17, 15) is 4.79 Å². The van der Waals surface area contributed by atoms with Gasteiger partial charge < -0.3 is 9.80 Å². The number of hydrogen-bond donors (Lipinski definition) is 0. The standard InChI is InChI=1S/C28H32N6O/c1-4-31-12-10-22-17-32(13-11-26(22)31)24-9-8-23-7-5-6-21(14-28(35)33(23)18-24)25-15-27-20(3)29-19(2)16-34(27)30-25/h5-9,14-16,18,22,26H,4,10-13,17H2,1-3H3/b6-5+,21-14+,23-7+. The summed E-state index contributed by atoms with van der Waals surface area (Å²) in [7, 11) is 0. The minimum Gasteiger partial charge on any atom is -0.370 e. The second-order valence-corrected chi connectivity index (χ2v) is 9.95. The minimum atomic E-state index is -0.0616. The predicted octanol–water partition coefficient (Wildman–Crippen LogP) is 3.84. The monoisotopic (exact) mass is 468 g/mol. The third kappa shape index (κ3) is 3.93. The maximum atomic E-state index is 13.4. The summed E-state index contributed by atoms with van der Waals surface area (Å²) in [5, 5.41) is 4.73. The number of likely N-dealkylation sites (tertiary alicyclic amines) is 2. The molecule has 2 aromatic heterocycles. The molecule has 6 rings (SSSR count). The van der Waals surface area contributed by atoms with Gasteiger partial charge in [-0.3, -0.25) is 14.7 Å². The lowest BCUT2D eigenvalue weighted by Gasteiger charge is -2.40. The smallest absolute Gasteiger partial charge is 0.255 e. The van der Waals surface area contributed by atoms with E-state index in [2.05, 4.69) is 33.9 Å². The fourth-order valence-electron chi connectivity index (χ4n) is 6.02. The van der Waals surface area contributed by atoms with Crippen LogP contribution in [-0.4, -0.2) is 67.4 Å². The number of aromatic nitrogens is 3. The van der Waals surface area contributed by atoms with Crippen LogP contribution in [0.5, 0.6) is 0 Å². The Kier molecular flexibility index (Phi) is 5.44. The van der Waals surface area contributed by atoms with Gasteiger partial charge in [-0.05, 0) is 70.0 Å². The average Bonchev–Trinajstić information content (AvgIpc) is 3.46. The van der Waals surface area contributed by atoms with Crippen LogP contribution in [0.1, 0.15) is 36.8 Å². The quantitative estimate of drug-likeness (QED) is 0.685. The number of allylic oxidation sites excluding steroid dienone is 6. The Labute approximate surface area is 206 Å². The lowest BCUT2D eigenvalue weighted by molar-refractivity contribution is -0.122. The Morgan fingerprint density at radius 1 is 1.09 bits per heavy atom. The van der Waals surface area contributed by atoms with Gasteiger partial charge >= 0.3 is 0 Å². The van der Waals surface area contributed by atoms with E-state index in [-0.39, 0.29) is 5.91 Å². The van der Waals surface area contributed by atoms with Crippen molar-refractivity contribution < 1.29 is 4.79 Å². The van der Waals surface area contributed by atoms with E-state index in [1.807, 2.05) is 55.1 Å². The van der Waals surface area contributed by atoms with Gasteiger partial charge in [0.1, 0.15) is 0 Å². The van der Waals surface area contributed by atoms with E-state index in [0.717, 1.165) is 59.2 Å². The highest BCUT2D eigenvalue weighted by atomic mass is 16.2. The second kappa shape index (κ2) is 8.64. The zero-order valence-corrected chi connectivity index (χ0v) is 20.7. The van der Waals surface area contributed by atoms with Crippen LogP contribution in [0.3, 0.4) is 0 Å². The summed E-state index contributed by atoms with van der Waals surface area (Å²) in [4.78, 5) is 24.8. The summed E-state index contributed by atoms with van der Waals surface area (Å²) in [6, 6.07) is 2.71. The number of piperidine rings is 1. The van der Waals surface area contributed by atoms with E-state index in [4.69, 9.17) is 5.10 Å². The highest BCUT2D eigenvalue weighted by Gasteiger charge is 2.38. The molecule has 0 bridgehead atoms. The Hall–Kier alpha value is -3.45. The van der Waals surface area contributed by atoms with Crippen LogP contribution in [0.4, 0.5) is 0 Å². The summed E-state index contributed by atoms with van der Waals surface area (Å²) >= 11 is 0. The molecule has 2 unspecified atom stereocenters. The molecule has 35 heavy (non-hydrogen) atoms. The molecule has 0 saturated carbocycles. The van der Waals surface area contributed by atoms with Crippen LogP contribution in [0.15, 0.2) is 66.3 Å². The molecule has 0 N–H and O–H groups in total. The summed E-state index contributed by atoms with van der Waals surface area (Å²) in [5.41, 5.74) is 6.35. The van der Waals surface area contributed by atoms with E-state index in [0.29, 0.717) is 12.0 Å². The average molecular weight is 469 g/mol. The number of carbonyl (C=O) groups is 1. The van der Waals surface area contributed by atoms with Gasteiger partial charge in [-0.15, -0.1) is 0 Å². The lowest BCUT2D eigenvalue weighted by atomic mass is 9.92. The second-order valence-electron chi connectivity index (χ2n) is 9.95. The van der Waals surface area contributed by atoms with Crippen molar-refractivity contribution in [2.75, 3.05) is 26.2 Å². The topological polar surface area (TPSA) is 57.0 Å². The van der Waals surface area contributed by atoms with Crippen LogP contribution >= 0.6 is 0 Å². The Morgan fingerprint density at radius 2 is 1.94 bits per heavy atom. The van der Waals surface area contributed by atoms with Gasteiger partial charge in [0.25, 0.3) is 5.91 Å². The molecule has 4 aliphatic rings.